The van der Waals surface area contributed by atoms with E-state index in [2.05, 4.69) is 24.3 Å². The van der Waals surface area contributed by atoms with Gasteiger partial charge in [0.05, 0.1) is 0 Å². The van der Waals surface area contributed by atoms with Crippen LogP contribution in [0.5, 0.6) is 0 Å². The second kappa shape index (κ2) is 6.15. The summed E-state index contributed by atoms with van der Waals surface area (Å²) in [7, 11) is 0. The minimum Gasteiger partial charge on any atom is -0.377 e. The van der Waals surface area contributed by atoms with Crippen molar-refractivity contribution in [3.8, 4) is 0 Å². The van der Waals surface area contributed by atoms with E-state index in [4.69, 9.17) is 0 Å². The molecule has 0 radical (unpaired) electrons. The minimum atomic E-state index is -1.61. The predicted octanol–water partition coefficient (Wildman–Crippen LogP) is 4.67. The van der Waals surface area contributed by atoms with Crippen molar-refractivity contribution in [1.82, 2.24) is 0 Å². The Balaban J connectivity index is 1.77. The van der Waals surface area contributed by atoms with Crippen LogP contribution >= 0.6 is 0 Å². The molecule has 0 unspecified atom stereocenters. The highest BCUT2D eigenvalue weighted by Gasteiger charge is 2.59. The monoisotopic (exact) mass is 390 g/mol. The average molecular weight is 390 g/mol. The fourth-order valence-corrected chi connectivity index (χ4v) is 5.59. The zero-order valence-electron chi connectivity index (χ0n) is 16.5. The molecule has 0 saturated carbocycles. The second-order valence-electron chi connectivity index (χ2n) is 8.40. The zero-order valence-corrected chi connectivity index (χ0v) is 16.5. The quantitative estimate of drug-likeness (QED) is 0.496. The topological polar surface area (TPSA) is 40.5 Å². The molecular weight excluding hydrogens is 368 g/mol. The first-order chi connectivity index (χ1) is 14.6. The molecular formula is C28H22O2. The molecule has 0 heterocycles. The molecule has 4 aromatic rings. The maximum Gasteiger partial charge on any atom is 0.152 e. The van der Waals surface area contributed by atoms with Gasteiger partial charge in [-0.2, -0.15) is 0 Å². The highest BCUT2D eigenvalue weighted by atomic mass is 16.4. The normalized spacial score (nSPS) is 17.3. The Kier molecular flexibility index (Phi) is 3.62. The first kappa shape index (κ1) is 17.6. The molecule has 0 aliphatic heterocycles. The van der Waals surface area contributed by atoms with Crippen LogP contribution in [0.25, 0.3) is 0 Å². The van der Waals surface area contributed by atoms with Crippen LogP contribution in [-0.2, 0) is 24.0 Å². The lowest BCUT2D eigenvalue weighted by atomic mass is 9.59. The third kappa shape index (κ3) is 2.10. The maximum absolute atomic E-state index is 12.7. The number of hydrogen-bond donors (Lipinski definition) is 2. The Morgan fingerprint density at radius 1 is 0.400 bits per heavy atom. The lowest BCUT2D eigenvalue weighted by molar-refractivity contribution is -0.117. The molecule has 2 aliphatic rings. The van der Waals surface area contributed by atoms with Crippen molar-refractivity contribution < 1.29 is 10.2 Å². The highest BCUT2D eigenvalue weighted by molar-refractivity contribution is 5.62. The van der Waals surface area contributed by atoms with Crippen molar-refractivity contribution in [3.63, 3.8) is 0 Å². The summed E-state index contributed by atoms with van der Waals surface area (Å²) < 4.78 is 0. The molecule has 0 aromatic heterocycles. The summed E-state index contributed by atoms with van der Waals surface area (Å²) in [4.78, 5) is 0. The summed E-state index contributed by atoms with van der Waals surface area (Å²) in [6, 6.07) is 31.9. The van der Waals surface area contributed by atoms with Crippen LogP contribution in [-0.4, -0.2) is 10.2 Å². The first-order valence-electron chi connectivity index (χ1n) is 10.4. The van der Waals surface area contributed by atoms with Crippen LogP contribution in [0.3, 0.4) is 0 Å². The molecule has 0 bridgehead atoms. The Hall–Kier alpha value is -3.20. The van der Waals surface area contributed by atoms with Crippen molar-refractivity contribution in [1.29, 1.82) is 0 Å². The summed E-state index contributed by atoms with van der Waals surface area (Å²) in [6.07, 6.45) is 1.49. The summed E-state index contributed by atoms with van der Waals surface area (Å²) in [5.41, 5.74) is 4.09. The van der Waals surface area contributed by atoms with Gasteiger partial charge in [-0.1, -0.05) is 97.1 Å². The van der Waals surface area contributed by atoms with Gasteiger partial charge >= 0.3 is 0 Å². The van der Waals surface area contributed by atoms with Gasteiger partial charge in [0.25, 0.3) is 0 Å². The summed E-state index contributed by atoms with van der Waals surface area (Å²) in [5, 5.41) is 25.4. The Labute approximate surface area is 176 Å². The van der Waals surface area contributed by atoms with Crippen LogP contribution < -0.4 is 0 Å². The van der Waals surface area contributed by atoms with E-state index >= 15 is 0 Å². The fraction of sp³-hybridized carbons (Fsp3) is 0.143. The van der Waals surface area contributed by atoms with E-state index in [0.717, 1.165) is 57.3 Å². The average Bonchev–Trinajstić information content (AvgIpc) is 2.79. The van der Waals surface area contributed by atoms with Gasteiger partial charge in [0.1, 0.15) is 0 Å². The molecule has 2 aliphatic carbocycles. The second-order valence-corrected chi connectivity index (χ2v) is 8.40. The molecule has 30 heavy (non-hydrogen) atoms. The SMILES string of the molecule is OC1(C2(O)c3ccccc3Cc3ccccc32)c2ccccc2Cc2ccccc21. The number of hydrogen-bond acceptors (Lipinski definition) is 2. The van der Waals surface area contributed by atoms with Crippen molar-refractivity contribution in [2.75, 3.05) is 0 Å². The molecule has 2 nitrogen and oxygen atoms in total. The molecule has 2 N–H and O–H groups in total. The molecule has 2 heteroatoms. The van der Waals surface area contributed by atoms with E-state index in [-0.39, 0.29) is 0 Å². The summed E-state index contributed by atoms with van der Waals surface area (Å²) in [5.74, 6) is 0. The van der Waals surface area contributed by atoms with Gasteiger partial charge in [0.2, 0.25) is 0 Å². The molecule has 0 spiro atoms. The Bertz CT molecular complexity index is 1100. The van der Waals surface area contributed by atoms with E-state index < -0.39 is 11.2 Å². The van der Waals surface area contributed by atoms with Crippen molar-refractivity contribution in [2.45, 2.75) is 24.0 Å². The van der Waals surface area contributed by atoms with E-state index in [1.165, 1.54) is 0 Å². The number of benzene rings is 4. The van der Waals surface area contributed by atoms with E-state index in [0.29, 0.717) is 0 Å². The molecule has 0 fully saturated rings. The predicted molar refractivity (Wildman–Crippen MR) is 117 cm³/mol. The minimum absolute atomic E-state index is 0.744. The molecule has 0 atom stereocenters. The number of fused-ring (bicyclic) bond motifs is 4. The smallest absolute Gasteiger partial charge is 0.152 e. The number of aliphatic hydroxyl groups is 2. The van der Waals surface area contributed by atoms with Crippen molar-refractivity contribution >= 4 is 0 Å². The zero-order chi connectivity index (χ0) is 20.3. The van der Waals surface area contributed by atoms with E-state index in [1.54, 1.807) is 0 Å². The Morgan fingerprint density at radius 2 is 0.633 bits per heavy atom. The van der Waals surface area contributed by atoms with E-state index in [1.807, 2.05) is 72.8 Å². The van der Waals surface area contributed by atoms with Gasteiger partial charge in [-0.25, -0.2) is 0 Å². The Morgan fingerprint density at radius 3 is 0.900 bits per heavy atom. The molecule has 6 rings (SSSR count). The number of rotatable bonds is 1. The third-order valence-corrected chi connectivity index (χ3v) is 6.91. The van der Waals surface area contributed by atoms with Crippen LogP contribution in [0, 0.1) is 0 Å². The van der Waals surface area contributed by atoms with Gasteiger partial charge in [0.15, 0.2) is 11.2 Å². The third-order valence-electron chi connectivity index (χ3n) is 6.91. The van der Waals surface area contributed by atoms with Crippen molar-refractivity contribution in [3.05, 3.63) is 142 Å². The fourth-order valence-electron chi connectivity index (χ4n) is 5.59. The molecule has 4 aromatic carbocycles. The summed E-state index contributed by atoms with van der Waals surface area (Å²) in [6.45, 7) is 0. The standard InChI is InChI=1S/C28H22O2/c29-27(23-13-5-1-9-19(23)17-20-10-2-6-14-24(20)27)28(30)25-15-7-3-11-21(25)18-22-12-4-8-16-26(22)28/h1-16,29-30H,17-18H2. The van der Waals surface area contributed by atoms with Crippen LogP contribution in [0.1, 0.15) is 44.5 Å². The molecule has 146 valence electrons. The lowest BCUT2D eigenvalue weighted by Gasteiger charge is -2.50. The maximum atomic E-state index is 12.7. The van der Waals surface area contributed by atoms with Crippen LogP contribution in [0.2, 0.25) is 0 Å². The largest absolute Gasteiger partial charge is 0.377 e. The van der Waals surface area contributed by atoms with E-state index in [9.17, 15) is 10.2 Å². The lowest BCUT2D eigenvalue weighted by Crippen LogP contribution is -2.55. The van der Waals surface area contributed by atoms with Gasteiger partial charge in [-0.15, -0.1) is 0 Å². The van der Waals surface area contributed by atoms with Gasteiger partial charge in [-0.05, 0) is 57.3 Å². The highest BCUT2D eigenvalue weighted by Crippen LogP contribution is 2.56. The van der Waals surface area contributed by atoms with Gasteiger partial charge in [0, 0.05) is 0 Å². The summed E-state index contributed by atoms with van der Waals surface area (Å²) >= 11 is 0. The van der Waals surface area contributed by atoms with Gasteiger partial charge in [-0.3, -0.25) is 0 Å². The molecule has 0 amide bonds. The van der Waals surface area contributed by atoms with Crippen molar-refractivity contribution in [2.24, 2.45) is 0 Å². The first-order valence-corrected chi connectivity index (χ1v) is 10.4. The van der Waals surface area contributed by atoms with Gasteiger partial charge < -0.3 is 10.2 Å². The van der Waals surface area contributed by atoms with Crippen LogP contribution in [0.4, 0.5) is 0 Å². The van der Waals surface area contributed by atoms with Crippen LogP contribution in [0.15, 0.2) is 97.1 Å². The molecule has 0 saturated heterocycles.